The zero-order chi connectivity index (χ0) is 14.0. The molecule has 0 bridgehead atoms. The van der Waals surface area contributed by atoms with Crippen LogP contribution in [0.5, 0.6) is 0 Å². The Morgan fingerprint density at radius 3 is 2.95 bits per heavy atom. The van der Waals surface area contributed by atoms with Crippen molar-refractivity contribution in [2.24, 2.45) is 0 Å². The molecule has 1 aliphatic rings. The molecule has 0 atom stereocenters. The lowest BCUT2D eigenvalue weighted by Crippen LogP contribution is -2.49. The number of nitriles is 1. The van der Waals surface area contributed by atoms with Crippen LogP contribution >= 0.6 is 0 Å². The van der Waals surface area contributed by atoms with Crippen molar-refractivity contribution in [2.45, 2.75) is 32.2 Å². The molecule has 2 rings (SSSR count). The summed E-state index contributed by atoms with van der Waals surface area (Å²) in [4.78, 5) is 23.3. The van der Waals surface area contributed by atoms with E-state index in [9.17, 15) is 9.59 Å². The molecule has 1 aromatic carbocycles. The Kier molecular flexibility index (Phi) is 3.26. The second-order valence-corrected chi connectivity index (χ2v) is 5.27. The Morgan fingerprint density at radius 2 is 2.26 bits per heavy atom. The van der Waals surface area contributed by atoms with Gasteiger partial charge in [-0.3, -0.25) is 9.59 Å². The summed E-state index contributed by atoms with van der Waals surface area (Å²) in [6, 6.07) is 7.02. The van der Waals surface area contributed by atoms with Gasteiger partial charge in [-0.1, -0.05) is 6.07 Å². The Hall–Kier alpha value is -2.35. The minimum absolute atomic E-state index is 0.136. The molecule has 0 unspecified atom stereocenters. The molecule has 5 heteroatoms. The molecule has 5 nitrogen and oxygen atoms in total. The molecular weight excluding hydrogens is 242 g/mol. The second kappa shape index (κ2) is 4.73. The highest BCUT2D eigenvalue weighted by Gasteiger charge is 2.29. The highest BCUT2D eigenvalue weighted by molar-refractivity contribution is 6.00. The molecule has 98 valence electrons. The van der Waals surface area contributed by atoms with Crippen LogP contribution in [0.15, 0.2) is 18.2 Å². The maximum atomic E-state index is 12.0. The number of rotatable bonds is 2. The van der Waals surface area contributed by atoms with E-state index in [1.807, 2.05) is 19.9 Å². The third kappa shape index (κ3) is 2.91. The van der Waals surface area contributed by atoms with E-state index in [4.69, 9.17) is 5.26 Å². The predicted octanol–water partition coefficient (Wildman–Crippen LogP) is 1.60. The molecule has 19 heavy (non-hydrogen) atoms. The van der Waals surface area contributed by atoms with Crippen molar-refractivity contribution in [3.63, 3.8) is 0 Å². The minimum Gasteiger partial charge on any atom is -0.347 e. The fourth-order valence-corrected chi connectivity index (χ4v) is 2.19. The number of amides is 2. The quantitative estimate of drug-likeness (QED) is 0.844. The first kappa shape index (κ1) is 13.1. The Labute approximate surface area is 111 Å². The normalized spacial score (nSPS) is 15.9. The smallest absolute Gasteiger partial charge is 0.252 e. The molecule has 1 aliphatic heterocycles. The molecule has 1 heterocycles. The molecule has 1 aromatic rings. The largest absolute Gasteiger partial charge is 0.347 e. The second-order valence-electron chi connectivity index (χ2n) is 5.27. The molecule has 2 N–H and O–H groups in total. The molecular formula is C14H15N3O2. The third-order valence-corrected chi connectivity index (χ3v) is 2.96. The first-order valence-corrected chi connectivity index (χ1v) is 6.03. The summed E-state index contributed by atoms with van der Waals surface area (Å²) in [6.45, 7) is 3.94. The van der Waals surface area contributed by atoms with Gasteiger partial charge < -0.3 is 10.6 Å². The highest BCUT2D eigenvalue weighted by atomic mass is 16.2. The van der Waals surface area contributed by atoms with E-state index in [1.165, 1.54) is 0 Å². The van der Waals surface area contributed by atoms with Gasteiger partial charge in [0.1, 0.15) is 6.42 Å². The van der Waals surface area contributed by atoms with Crippen LogP contribution in [-0.4, -0.2) is 17.4 Å². The maximum absolute atomic E-state index is 12.0. The van der Waals surface area contributed by atoms with Gasteiger partial charge in [0.05, 0.1) is 6.07 Å². The lowest BCUT2D eigenvalue weighted by Gasteiger charge is -2.32. The lowest BCUT2D eigenvalue weighted by molar-refractivity contribution is -0.115. The van der Waals surface area contributed by atoms with Crippen LogP contribution < -0.4 is 10.6 Å². The summed E-state index contributed by atoms with van der Waals surface area (Å²) in [7, 11) is 0. The fourth-order valence-electron chi connectivity index (χ4n) is 2.19. The first-order chi connectivity index (χ1) is 8.91. The summed E-state index contributed by atoms with van der Waals surface area (Å²) < 4.78 is 0. The fraction of sp³-hybridized carbons (Fsp3) is 0.357. The van der Waals surface area contributed by atoms with Gasteiger partial charge in [-0.15, -0.1) is 0 Å². The standard InChI is InChI=1S/C14H15N3O2/c1-14(2)8-9-3-4-10(16-12(18)5-6-15)7-11(9)13(19)17-14/h3-4,7H,5,8H2,1-2H3,(H,16,18)(H,17,19). The van der Waals surface area contributed by atoms with Gasteiger partial charge in [-0.2, -0.15) is 5.26 Å². The van der Waals surface area contributed by atoms with E-state index in [-0.39, 0.29) is 23.8 Å². The van der Waals surface area contributed by atoms with Crippen molar-refractivity contribution in [3.8, 4) is 6.07 Å². The molecule has 0 saturated heterocycles. The van der Waals surface area contributed by atoms with Gasteiger partial charge in [0.25, 0.3) is 5.91 Å². The number of anilines is 1. The summed E-state index contributed by atoms with van der Waals surface area (Å²) in [5.41, 5.74) is 1.82. The number of fused-ring (bicyclic) bond motifs is 1. The summed E-state index contributed by atoms with van der Waals surface area (Å²) >= 11 is 0. The van der Waals surface area contributed by atoms with Crippen molar-refractivity contribution >= 4 is 17.5 Å². The number of hydrogen-bond donors (Lipinski definition) is 2. The number of nitrogens with one attached hydrogen (secondary N) is 2. The molecule has 2 amide bonds. The molecule has 0 aliphatic carbocycles. The maximum Gasteiger partial charge on any atom is 0.252 e. The summed E-state index contributed by atoms with van der Waals surface area (Å²) in [5, 5.41) is 13.9. The van der Waals surface area contributed by atoms with Gasteiger partial charge in [0.2, 0.25) is 5.91 Å². The topological polar surface area (TPSA) is 82.0 Å². The number of nitrogens with zero attached hydrogens (tertiary/aromatic N) is 1. The highest BCUT2D eigenvalue weighted by Crippen LogP contribution is 2.25. The van der Waals surface area contributed by atoms with Gasteiger partial charge in [0, 0.05) is 16.8 Å². The lowest BCUT2D eigenvalue weighted by atomic mass is 9.87. The number of benzene rings is 1. The van der Waals surface area contributed by atoms with Crippen molar-refractivity contribution in [1.82, 2.24) is 5.32 Å². The van der Waals surface area contributed by atoms with Crippen LogP contribution in [0.3, 0.4) is 0 Å². The molecule has 0 aromatic heterocycles. The van der Waals surface area contributed by atoms with E-state index in [1.54, 1.807) is 18.2 Å². The van der Waals surface area contributed by atoms with E-state index >= 15 is 0 Å². The van der Waals surface area contributed by atoms with Crippen molar-refractivity contribution in [3.05, 3.63) is 29.3 Å². The molecule has 0 saturated carbocycles. The average molecular weight is 257 g/mol. The van der Waals surface area contributed by atoms with E-state index in [0.717, 1.165) is 12.0 Å². The van der Waals surface area contributed by atoms with E-state index < -0.39 is 0 Å². The van der Waals surface area contributed by atoms with E-state index in [0.29, 0.717) is 11.3 Å². The zero-order valence-electron chi connectivity index (χ0n) is 10.9. The third-order valence-electron chi connectivity index (χ3n) is 2.96. The van der Waals surface area contributed by atoms with Crippen LogP contribution in [0.25, 0.3) is 0 Å². The molecule has 0 radical (unpaired) electrons. The Bertz CT molecular complexity index is 585. The first-order valence-electron chi connectivity index (χ1n) is 6.03. The van der Waals surface area contributed by atoms with Crippen LogP contribution in [0.1, 0.15) is 36.2 Å². The number of carbonyl (C=O) groups excluding carboxylic acids is 2. The SMILES string of the molecule is CC1(C)Cc2ccc(NC(=O)CC#N)cc2C(=O)N1. The monoisotopic (exact) mass is 257 g/mol. The summed E-state index contributed by atoms with van der Waals surface area (Å²) in [5.74, 6) is -0.512. The zero-order valence-corrected chi connectivity index (χ0v) is 10.9. The van der Waals surface area contributed by atoms with Crippen molar-refractivity contribution in [1.29, 1.82) is 5.26 Å². The Morgan fingerprint density at radius 1 is 1.53 bits per heavy atom. The molecule has 0 spiro atoms. The van der Waals surface area contributed by atoms with Crippen molar-refractivity contribution < 1.29 is 9.59 Å². The van der Waals surface area contributed by atoms with Crippen LogP contribution in [0.4, 0.5) is 5.69 Å². The minimum atomic E-state index is -0.376. The van der Waals surface area contributed by atoms with Gasteiger partial charge in [-0.05, 0) is 38.0 Å². The van der Waals surface area contributed by atoms with Gasteiger partial charge in [-0.25, -0.2) is 0 Å². The number of hydrogen-bond acceptors (Lipinski definition) is 3. The van der Waals surface area contributed by atoms with E-state index in [2.05, 4.69) is 10.6 Å². The van der Waals surface area contributed by atoms with Gasteiger partial charge in [0.15, 0.2) is 0 Å². The summed E-state index contributed by atoms with van der Waals surface area (Å²) in [6.07, 6.45) is 0.552. The Balaban J connectivity index is 2.25. The van der Waals surface area contributed by atoms with Crippen LogP contribution in [0.2, 0.25) is 0 Å². The molecule has 0 fully saturated rings. The van der Waals surface area contributed by atoms with Crippen molar-refractivity contribution in [2.75, 3.05) is 5.32 Å². The van der Waals surface area contributed by atoms with Crippen LogP contribution in [-0.2, 0) is 11.2 Å². The van der Waals surface area contributed by atoms with Crippen LogP contribution in [0, 0.1) is 11.3 Å². The number of carbonyl (C=O) groups is 2. The van der Waals surface area contributed by atoms with Gasteiger partial charge >= 0.3 is 0 Å². The predicted molar refractivity (Wildman–Crippen MR) is 70.6 cm³/mol. The average Bonchev–Trinajstić information content (AvgIpc) is 2.29.